The van der Waals surface area contributed by atoms with Crippen LogP contribution in [0, 0.1) is 6.92 Å². The van der Waals surface area contributed by atoms with E-state index in [4.69, 9.17) is 5.73 Å². The topological polar surface area (TPSA) is 78.7 Å². The Balaban J connectivity index is 0.000000492. The molecular weight excluding hydrogens is 483 g/mol. The molecule has 0 bridgehead atoms. The van der Waals surface area contributed by atoms with Gasteiger partial charge >= 0.3 is 0 Å². The van der Waals surface area contributed by atoms with Crippen molar-refractivity contribution >= 4 is 30.8 Å². The number of hydrogen-bond acceptors (Lipinski definition) is 5. The second kappa shape index (κ2) is 20.2. The zero-order chi connectivity index (χ0) is 29.0. The Morgan fingerprint density at radius 1 is 0.949 bits per heavy atom. The number of piperidine rings is 2. The van der Waals surface area contributed by atoms with E-state index in [1.165, 1.54) is 69.8 Å². The summed E-state index contributed by atoms with van der Waals surface area (Å²) in [5, 5.41) is 2.57. The van der Waals surface area contributed by atoms with Gasteiger partial charge < -0.3 is 25.6 Å². The first-order valence-corrected chi connectivity index (χ1v) is 14.9. The van der Waals surface area contributed by atoms with Gasteiger partial charge in [0.2, 0.25) is 5.91 Å². The summed E-state index contributed by atoms with van der Waals surface area (Å²) in [6.45, 7) is 17.2. The maximum Gasteiger partial charge on any atom is 0.216 e. The van der Waals surface area contributed by atoms with Crippen LogP contribution in [-0.2, 0) is 9.59 Å². The largest absolute Gasteiger partial charge is 0.399 e. The molecule has 2 saturated heterocycles. The third kappa shape index (κ3) is 13.7. The molecule has 3 N–H and O–H groups in total. The highest BCUT2D eigenvalue weighted by Crippen LogP contribution is 2.31. The summed E-state index contributed by atoms with van der Waals surface area (Å²) in [5.74, 6) is 0.791. The van der Waals surface area contributed by atoms with Gasteiger partial charge in [-0.25, -0.2) is 0 Å². The number of carbonyl (C=O) groups excluding carboxylic acids is 2. The van der Waals surface area contributed by atoms with E-state index in [2.05, 4.69) is 72.1 Å². The fourth-order valence-electron chi connectivity index (χ4n) is 4.86. The van der Waals surface area contributed by atoms with E-state index in [0.717, 1.165) is 43.6 Å². The minimum atomic E-state index is 0.0394. The molecule has 7 heteroatoms. The number of nitrogens with two attached hydrogens (primary N) is 1. The minimum absolute atomic E-state index is 0.0394. The first kappa shape index (κ1) is 34.2. The molecule has 0 unspecified atom stereocenters. The van der Waals surface area contributed by atoms with Crippen molar-refractivity contribution in [2.75, 3.05) is 43.4 Å². The van der Waals surface area contributed by atoms with Crippen molar-refractivity contribution in [1.82, 2.24) is 10.2 Å². The second-order valence-electron chi connectivity index (χ2n) is 10.4. The Morgan fingerprint density at radius 2 is 1.46 bits per heavy atom. The molecule has 1 amide bonds. The Hall–Kier alpha value is -2.80. The number of nitrogens with zero attached hydrogens (tertiary/aromatic N) is 2. The Morgan fingerprint density at radius 3 is 1.87 bits per heavy atom. The predicted octanol–water partition coefficient (Wildman–Crippen LogP) is 5.68. The molecule has 0 spiro atoms. The fraction of sp³-hybridized carbons (Fsp3) is 0.562. The summed E-state index contributed by atoms with van der Waals surface area (Å²) in [4.78, 5) is 24.4. The zero-order valence-electron chi connectivity index (χ0n) is 25.4. The van der Waals surface area contributed by atoms with Crippen LogP contribution in [0.3, 0.4) is 0 Å². The molecule has 2 aliphatic rings. The number of rotatable bonds is 5. The van der Waals surface area contributed by atoms with Crippen molar-refractivity contribution < 1.29 is 9.59 Å². The number of aryl methyl sites for hydroxylation is 1. The van der Waals surface area contributed by atoms with E-state index in [-0.39, 0.29) is 5.91 Å². The number of nitrogens with one attached hydrogen (secondary N) is 1. The van der Waals surface area contributed by atoms with E-state index in [9.17, 15) is 9.59 Å². The molecule has 6 nitrogen and oxygen atoms in total. The molecule has 39 heavy (non-hydrogen) atoms. The number of aldehydes is 1. The lowest BCUT2D eigenvalue weighted by atomic mass is 9.87. The Bertz CT molecular complexity index is 841. The lowest BCUT2D eigenvalue weighted by molar-refractivity contribution is -0.118. The van der Waals surface area contributed by atoms with E-state index in [1.807, 2.05) is 26.0 Å². The fourth-order valence-corrected chi connectivity index (χ4v) is 4.86. The highest BCUT2D eigenvalue weighted by Gasteiger charge is 2.28. The van der Waals surface area contributed by atoms with Gasteiger partial charge in [0.05, 0.1) is 0 Å². The van der Waals surface area contributed by atoms with Crippen LogP contribution >= 0.6 is 0 Å². The number of hydrogen-bond donors (Lipinski definition) is 2. The molecule has 0 saturated carbocycles. The van der Waals surface area contributed by atoms with Crippen molar-refractivity contribution in [3.8, 4) is 0 Å². The highest BCUT2D eigenvalue weighted by atomic mass is 16.1. The summed E-state index contributed by atoms with van der Waals surface area (Å²) in [6, 6.07) is 18.3. The highest BCUT2D eigenvalue weighted by molar-refractivity contribution is 6.31. The summed E-state index contributed by atoms with van der Waals surface area (Å²) in [7, 11) is 1.25. The van der Waals surface area contributed by atoms with Gasteiger partial charge in [-0.1, -0.05) is 50.4 Å². The Kier molecular flexibility index (Phi) is 17.7. The van der Waals surface area contributed by atoms with Gasteiger partial charge in [0.15, 0.2) is 0 Å². The first-order chi connectivity index (χ1) is 18.8. The third-order valence-corrected chi connectivity index (χ3v) is 6.91. The third-order valence-electron chi connectivity index (χ3n) is 6.91. The van der Waals surface area contributed by atoms with Crippen LogP contribution < -0.4 is 16.0 Å². The number of benzene rings is 2. The molecule has 216 valence electrons. The standard InChI is InChI=1S/C23H31N3.C4H9NO.C3H6O.C2H7B/c1-18-2-4-19(5-3-18)20-10-14-25(15-11-20)23-12-16-26(17-13-23)22-8-6-21(24)7-9-22;1-3-5-4(2)6;1-2-3-4;1-3-2/h2-9,20,23H,10-17,24H2,1H3;3H2,1-2H3,(H,5,6);3H,2H2,1H3;3H,1-2H3. The zero-order valence-corrected chi connectivity index (χ0v) is 25.4. The van der Waals surface area contributed by atoms with Gasteiger partial charge in [-0.05, 0) is 88.4 Å². The molecule has 2 aromatic carbocycles. The quantitative estimate of drug-likeness (QED) is 0.292. The normalized spacial score (nSPS) is 15.8. The average molecular weight is 537 g/mol. The lowest BCUT2D eigenvalue weighted by Gasteiger charge is -2.42. The van der Waals surface area contributed by atoms with E-state index >= 15 is 0 Å². The van der Waals surface area contributed by atoms with Gasteiger partial charge in [0.25, 0.3) is 0 Å². The van der Waals surface area contributed by atoms with Gasteiger partial charge in [-0.15, -0.1) is 0 Å². The predicted molar refractivity (Wildman–Crippen MR) is 170 cm³/mol. The van der Waals surface area contributed by atoms with Crippen molar-refractivity contribution in [3.05, 3.63) is 59.7 Å². The maximum absolute atomic E-state index is 9.93. The number of amides is 1. The van der Waals surface area contributed by atoms with Crippen LogP contribution in [0.15, 0.2) is 48.5 Å². The number of nitrogen functional groups attached to an aromatic ring is 1. The van der Waals surface area contributed by atoms with Crippen molar-refractivity contribution in [2.45, 2.75) is 85.4 Å². The number of carbonyl (C=O) groups is 2. The monoisotopic (exact) mass is 536 g/mol. The van der Waals surface area contributed by atoms with Crippen molar-refractivity contribution in [1.29, 1.82) is 0 Å². The molecule has 4 rings (SSSR count). The number of anilines is 2. The van der Waals surface area contributed by atoms with E-state index < -0.39 is 0 Å². The molecule has 2 heterocycles. The van der Waals surface area contributed by atoms with Gasteiger partial charge in [0, 0.05) is 50.4 Å². The first-order valence-electron chi connectivity index (χ1n) is 14.9. The molecule has 0 aromatic heterocycles. The summed E-state index contributed by atoms with van der Waals surface area (Å²) < 4.78 is 0. The SMILES string of the molecule is CBC.CCC=O.CCNC(C)=O.Cc1ccc(C2CCN(C3CCN(c4ccc(N)cc4)CC3)CC2)cc1. The molecule has 0 radical (unpaired) electrons. The number of likely N-dealkylation sites (tertiary alicyclic amines) is 1. The molecule has 2 fully saturated rings. The lowest BCUT2D eigenvalue weighted by Crippen LogP contribution is -2.47. The summed E-state index contributed by atoms with van der Waals surface area (Å²) in [6.07, 6.45) is 6.68. The van der Waals surface area contributed by atoms with E-state index in [1.54, 1.807) is 0 Å². The van der Waals surface area contributed by atoms with Crippen LogP contribution in [0.5, 0.6) is 0 Å². The van der Waals surface area contributed by atoms with Gasteiger partial charge in [-0.3, -0.25) is 4.79 Å². The maximum atomic E-state index is 9.93. The molecule has 2 aliphatic heterocycles. The minimum Gasteiger partial charge on any atom is -0.399 e. The van der Waals surface area contributed by atoms with Crippen LogP contribution in [0.2, 0.25) is 13.6 Å². The van der Waals surface area contributed by atoms with E-state index in [0.29, 0.717) is 6.42 Å². The van der Waals surface area contributed by atoms with Crippen molar-refractivity contribution in [2.24, 2.45) is 0 Å². The molecule has 0 aliphatic carbocycles. The van der Waals surface area contributed by atoms with Crippen LogP contribution in [0.1, 0.15) is 69.9 Å². The van der Waals surface area contributed by atoms with Crippen molar-refractivity contribution in [3.63, 3.8) is 0 Å². The van der Waals surface area contributed by atoms with Crippen LogP contribution in [0.4, 0.5) is 11.4 Å². The molecular formula is C32H53BN4O2. The second-order valence-corrected chi connectivity index (χ2v) is 10.4. The van der Waals surface area contributed by atoms with Gasteiger partial charge in [0.1, 0.15) is 13.6 Å². The average Bonchev–Trinajstić information content (AvgIpc) is 2.95. The van der Waals surface area contributed by atoms with Crippen LogP contribution in [-0.4, -0.2) is 63.1 Å². The summed E-state index contributed by atoms with van der Waals surface area (Å²) in [5.41, 5.74) is 10.9. The van der Waals surface area contributed by atoms with Gasteiger partial charge in [-0.2, -0.15) is 0 Å². The molecule has 0 atom stereocenters. The smallest absolute Gasteiger partial charge is 0.216 e. The Labute approximate surface area is 239 Å². The summed E-state index contributed by atoms with van der Waals surface area (Å²) >= 11 is 0. The molecule has 2 aromatic rings. The van der Waals surface area contributed by atoms with Crippen LogP contribution in [0.25, 0.3) is 0 Å².